The van der Waals surface area contributed by atoms with E-state index in [-0.39, 0.29) is 10.9 Å². The first-order chi connectivity index (χ1) is 9.91. The third kappa shape index (κ3) is 3.81. The Kier molecular flexibility index (Phi) is 4.97. The van der Waals surface area contributed by atoms with Gasteiger partial charge in [-0.25, -0.2) is 8.42 Å². The van der Waals surface area contributed by atoms with E-state index >= 15 is 0 Å². The fraction of sp³-hybridized carbons (Fsp3) is 0.500. The van der Waals surface area contributed by atoms with Gasteiger partial charge in [-0.2, -0.15) is 4.31 Å². The van der Waals surface area contributed by atoms with Gasteiger partial charge in [0.2, 0.25) is 15.9 Å². The molecule has 7 heteroatoms. The first-order valence-electron chi connectivity index (χ1n) is 7.01. The van der Waals surface area contributed by atoms with Gasteiger partial charge in [-0.1, -0.05) is 6.42 Å². The summed E-state index contributed by atoms with van der Waals surface area (Å²) in [6.45, 7) is 1.38. The van der Waals surface area contributed by atoms with Crippen molar-refractivity contribution in [2.24, 2.45) is 5.73 Å². The maximum absolute atomic E-state index is 12.5. The minimum atomic E-state index is -3.54. The van der Waals surface area contributed by atoms with Crippen LogP contribution in [0.4, 0.5) is 0 Å². The summed E-state index contributed by atoms with van der Waals surface area (Å²) in [5.74, 6) is -0.571. The van der Waals surface area contributed by atoms with Crippen molar-refractivity contribution in [3.63, 3.8) is 0 Å². The Morgan fingerprint density at radius 3 is 2.52 bits per heavy atom. The number of amides is 1. The molecule has 0 radical (unpaired) electrons. The fourth-order valence-electron chi connectivity index (χ4n) is 2.46. The molecule has 21 heavy (non-hydrogen) atoms. The molecule has 1 aliphatic heterocycles. The van der Waals surface area contributed by atoms with E-state index in [0.717, 1.165) is 25.8 Å². The van der Waals surface area contributed by atoms with Gasteiger partial charge in [-0.15, -0.1) is 0 Å². The first kappa shape index (κ1) is 15.9. The minimum absolute atomic E-state index is 0.172. The molecule has 116 valence electrons. The van der Waals surface area contributed by atoms with Gasteiger partial charge in [0.15, 0.2) is 0 Å². The van der Waals surface area contributed by atoms with Crippen LogP contribution in [0.5, 0.6) is 0 Å². The van der Waals surface area contributed by atoms with E-state index in [0.29, 0.717) is 12.1 Å². The zero-order valence-electron chi connectivity index (χ0n) is 12.1. The van der Waals surface area contributed by atoms with Gasteiger partial charge in [0.05, 0.1) is 4.90 Å². The van der Waals surface area contributed by atoms with Gasteiger partial charge in [0.1, 0.15) is 0 Å². The van der Waals surface area contributed by atoms with Crippen LogP contribution in [0.3, 0.4) is 0 Å². The molecule has 1 amide bonds. The number of carbonyl (C=O) groups is 1. The molecule has 1 aromatic rings. The molecule has 2 rings (SSSR count). The number of piperidine rings is 1. The van der Waals surface area contributed by atoms with E-state index in [1.165, 1.54) is 28.6 Å². The topological polar surface area (TPSA) is 92.5 Å². The van der Waals surface area contributed by atoms with Gasteiger partial charge in [-0.05, 0) is 43.7 Å². The average molecular weight is 311 g/mol. The molecule has 1 aromatic carbocycles. The highest BCUT2D eigenvalue weighted by atomic mass is 32.2. The highest BCUT2D eigenvalue weighted by molar-refractivity contribution is 7.89. The average Bonchev–Trinajstić information content (AvgIpc) is 2.48. The summed E-state index contributed by atoms with van der Waals surface area (Å²) >= 11 is 0. The molecule has 1 aliphatic rings. The summed E-state index contributed by atoms with van der Waals surface area (Å²) in [5, 5.41) is 3.33. The number of benzene rings is 1. The number of nitrogens with two attached hydrogens (primary N) is 1. The highest BCUT2D eigenvalue weighted by Gasteiger charge is 2.24. The van der Waals surface area contributed by atoms with Crippen molar-refractivity contribution in [2.45, 2.75) is 30.2 Å². The summed E-state index contributed by atoms with van der Waals surface area (Å²) < 4.78 is 26.3. The molecule has 0 aromatic heterocycles. The molecule has 0 aliphatic carbocycles. The van der Waals surface area contributed by atoms with E-state index in [1.54, 1.807) is 7.05 Å². The Bertz CT molecular complexity index is 592. The van der Waals surface area contributed by atoms with Crippen LogP contribution in [0.2, 0.25) is 0 Å². The quantitative estimate of drug-likeness (QED) is 0.830. The molecule has 1 fully saturated rings. The molecular weight excluding hydrogens is 290 g/mol. The first-order valence-corrected chi connectivity index (χ1v) is 8.45. The summed E-state index contributed by atoms with van der Waals surface area (Å²) in [7, 11) is -1.96. The normalized spacial score (nSPS) is 19.6. The maximum Gasteiger partial charge on any atom is 0.248 e. The lowest BCUT2D eigenvalue weighted by atomic mass is 10.1. The second-order valence-corrected chi connectivity index (χ2v) is 7.37. The van der Waals surface area contributed by atoms with Crippen molar-refractivity contribution >= 4 is 15.9 Å². The fourth-order valence-corrected chi connectivity index (χ4v) is 3.68. The molecule has 0 spiro atoms. The lowest BCUT2D eigenvalue weighted by Crippen LogP contribution is -2.44. The number of nitrogens with one attached hydrogen (secondary N) is 1. The molecular formula is C14H21N3O3S. The molecule has 0 bridgehead atoms. The number of hydrogen-bond donors (Lipinski definition) is 2. The summed E-state index contributed by atoms with van der Waals surface area (Å²) in [5.41, 5.74) is 5.45. The van der Waals surface area contributed by atoms with Gasteiger partial charge >= 0.3 is 0 Å². The van der Waals surface area contributed by atoms with Crippen LogP contribution in [0.25, 0.3) is 0 Å². The smallest absolute Gasteiger partial charge is 0.248 e. The lowest BCUT2D eigenvalue weighted by Gasteiger charge is -2.27. The third-order valence-corrected chi connectivity index (χ3v) is 5.57. The number of nitrogens with zero attached hydrogens (tertiary/aromatic N) is 1. The lowest BCUT2D eigenvalue weighted by molar-refractivity contribution is 0.1000. The van der Waals surface area contributed by atoms with Crippen molar-refractivity contribution < 1.29 is 13.2 Å². The van der Waals surface area contributed by atoms with E-state index in [2.05, 4.69) is 5.32 Å². The standard InChI is InChI=1S/C14H21N3O3S/c1-17(10-12-4-2-3-9-16-12)21(19,20)13-7-5-11(6-8-13)14(15)18/h5-8,12,16H,2-4,9-10H2,1H3,(H2,15,18). The monoisotopic (exact) mass is 311 g/mol. The van der Waals surface area contributed by atoms with Crippen molar-refractivity contribution in [2.75, 3.05) is 20.1 Å². The van der Waals surface area contributed by atoms with E-state index < -0.39 is 15.9 Å². The van der Waals surface area contributed by atoms with Crippen LogP contribution in [0.1, 0.15) is 29.6 Å². The summed E-state index contributed by atoms with van der Waals surface area (Å²) in [6, 6.07) is 5.90. The van der Waals surface area contributed by atoms with Crippen LogP contribution in [0, 0.1) is 0 Å². The molecule has 6 nitrogen and oxygen atoms in total. The number of hydrogen-bond acceptors (Lipinski definition) is 4. The maximum atomic E-state index is 12.5. The number of rotatable bonds is 5. The van der Waals surface area contributed by atoms with Gasteiger partial charge in [0, 0.05) is 25.2 Å². The van der Waals surface area contributed by atoms with Gasteiger partial charge in [-0.3, -0.25) is 4.79 Å². The molecule has 1 heterocycles. The summed E-state index contributed by atoms with van der Waals surface area (Å²) in [6.07, 6.45) is 3.25. The second kappa shape index (κ2) is 6.55. The Labute approximate surface area is 125 Å². The Morgan fingerprint density at radius 1 is 1.33 bits per heavy atom. The SMILES string of the molecule is CN(CC1CCCCN1)S(=O)(=O)c1ccc(C(N)=O)cc1. The summed E-state index contributed by atoms with van der Waals surface area (Å²) in [4.78, 5) is 11.2. The second-order valence-electron chi connectivity index (χ2n) is 5.32. The largest absolute Gasteiger partial charge is 0.366 e. The van der Waals surface area contributed by atoms with Gasteiger partial charge in [0.25, 0.3) is 0 Å². The van der Waals surface area contributed by atoms with E-state index in [1.807, 2.05) is 0 Å². The van der Waals surface area contributed by atoms with Crippen molar-refractivity contribution in [1.82, 2.24) is 9.62 Å². The third-order valence-electron chi connectivity index (χ3n) is 3.74. The molecule has 1 atom stereocenters. The van der Waals surface area contributed by atoms with Gasteiger partial charge < -0.3 is 11.1 Å². The van der Waals surface area contributed by atoms with Crippen molar-refractivity contribution in [3.8, 4) is 0 Å². The van der Waals surface area contributed by atoms with E-state index in [4.69, 9.17) is 5.73 Å². The van der Waals surface area contributed by atoms with E-state index in [9.17, 15) is 13.2 Å². The molecule has 1 unspecified atom stereocenters. The van der Waals surface area contributed by atoms with Crippen LogP contribution < -0.4 is 11.1 Å². The zero-order chi connectivity index (χ0) is 15.5. The molecule has 3 N–H and O–H groups in total. The number of sulfonamides is 1. The highest BCUT2D eigenvalue weighted by Crippen LogP contribution is 2.17. The zero-order valence-corrected chi connectivity index (χ0v) is 12.9. The Morgan fingerprint density at radius 2 is 2.00 bits per heavy atom. The Balaban J connectivity index is 2.10. The Hall–Kier alpha value is -1.44. The van der Waals surface area contributed by atoms with Crippen molar-refractivity contribution in [1.29, 1.82) is 0 Å². The molecule has 1 saturated heterocycles. The van der Waals surface area contributed by atoms with Crippen LogP contribution >= 0.6 is 0 Å². The van der Waals surface area contributed by atoms with Crippen LogP contribution in [0.15, 0.2) is 29.2 Å². The van der Waals surface area contributed by atoms with Crippen molar-refractivity contribution in [3.05, 3.63) is 29.8 Å². The number of likely N-dealkylation sites (N-methyl/N-ethyl adjacent to an activating group) is 1. The number of primary amides is 1. The van der Waals surface area contributed by atoms with Crippen LogP contribution in [-0.2, 0) is 10.0 Å². The minimum Gasteiger partial charge on any atom is -0.366 e. The predicted octanol–water partition coefficient (Wildman–Crippen LogP) is 0.548. The molecule has 0 saturated carbocycles. The predicted molar refractivity (Wildman–Crippen MR) is 80.4 cm³/mol. The number of carbonyl (C=O) groups excluding carboxylic acids is 1. The van der Waals surface area contributed by atoms with Crippen LogP contribution in [-0.4, -0.2) is 44.8 Å².